The molecule has 0 aromatic carbocycles. The van der Waals surface area contributed by atoms with Crippen molar-refractivity contribution in [3.8, 4) is 10.7 Å². The van der Waals surface area contributed by atoms with Crippen LogP contribution in [-0.2, 0) is 16.0 Å². The summed E-state index contributed by atoms with van der Waals surface area (Å²) in [6, 6.07) is 2.95. The Morgan fingerprint density at radius 3 is 2.83 bits per heavy atom. The number of aromatic nitrogens is 2. The van der Waals surface area contributed by atoms with E-state index in [9.17, 15) is 9.59 Å². The van der Waals surface area contributed by atoms with Crippen LogP contribution in [0.25, 0.3) is 10.7 Å². The van der Waals surface area contributed by atoms with E-state index in [2.05, 4.69) is 15.5 Å². The van der Waals surface area contributed by atoms with Gasteiger partial charge in [-0.1, -0.05) is 25.1 Å². The van der Waals surface area contributed by atoms with Gasteiger partial charge in [0.05, 0.1) is 4.88 Å². The molecule has 0 aliphatic carbocycles. The third-order valence-corrected chi connectivity index (χ3v) is 4.12. The van der Waals surface area contributed by atoms with E-state index < -0.39 is 12.0 Å². The molecule has 2 aromatic rings. The number of nitrogens with zero attached hydrogens (tertiary/aromatic N) is 2. The molecule has 23 heavy (non-hydrogen) atoms. The molecule has 7 nitrogen and oxygen atoms in total. The number of thiophene rings is 1. The van der Waals surface area contributed by atoms with E-state index in [0.29, 0.717) is 24.6 Å². The summed E-state index contributed by atoms with van der Waals surface area (Å²) in [4.78, 5) is 28.0. The number of carboxylic acid groups (broad SMARTS) is 1. The van der Waals surface area contributed by atoms with Crippen molar-refractivity contribution in [1.29, 1.82) is 0 Å². The average Bonchev–Trinajstić information content (AvgIpc) is 3.14. The average molecular weight is 337 g/mol. The second kappa shape index (κ2) is 7.87. The summed E-state index contributed by atoms with van der Waals surface area (Å²) in [7, 11) is 0. The lowest BCUT2D eigenvalue weighted by Crippen LogP contribution is -2.44. The maximum atomic E-state index is 11.8. The minimum Gasteiger partial charge on any atom is -0.480 e. The van der Waals surface area contributed by atoms with Gasteiger partial charge in [0, 0.05) is 12.8 Å². The second-order valence-electron chi connectivity index (χ2n) is 5.47. The Morgan fingerprint density at radius 1 is 1.43 bits per heavy atom. The SMILES string of the molecule is CC(C)C(NC(=O)CCCc1nc(-c2cccs2)no1)C(=O)O. The number of carbonyl (C=O) groups excluding carboxylic acids is 1. The van der Waals surface area contributed by atoms with Gasteiger partial charge in [-0.25, -0.2) is 4.79 Å². The molecule has 0 aliphatic rings. The van der Waals surface area contributed by atoms with Crippen molar-refractivity contribution in [3.05, 3.63) is 23.4 Å². The van der Waals surface area contributed by atoms with Crippen LogP contribution in [0, 0.1) is 5.92 Å². The zero-order valence-corrected chi connectivity index (χ0v) is 13.8. The molecule has 2 rings (SSSR count). The monoisotopic (exact) mass is 337 g/mol. The molecular weight excluding hydrogens is 318 g/mol. The number of nitrogens with one attached hydrogen (secondary N) is 1. The molecule has 124 valence electrons. The van der Waals surface area contributed by atoms with Crippen LogP contribution in [0.4, 0.5) is 0 Å². The van der Waals surface area contributed by atoms with Crippen molar-refractivity contribution in [2.75, 3.05) is 0 Å². The second-order valence-corrected chi connectivity index (χ2v) is 6.42. The van der Waals surface area contributed by atoms with Crippen LogP contribution in [-0.4, -0.2) is 33.2 Å². The van der Waals surface area contributed by atoms with E-state index in [0.717, 1.165) is 4.88 Å². The molecule has 1 amide bonds. The van der Waals surface area contributed by atoms with E-state index in [-0.39, 0.29) is 18.2 Å². The lowest BCUT2D eigenvalue weighted by atomic mass is 10.0. The van der Waals surface area contributed by atoms with Crippen molar-refractivity contribution in [2.24, 2.45) is 5.92 Å². The van der Waals surface area contributed by atoms with E-state index in [4.69, 9.17) is 9.63 Å². The molecule has 0 radical (unpaired) electrons. The topological polar surface area (TPSA) is 105 Å². The molecule has 0 spiro atoms. The number of rotatable bonds is 8. The van der Waals surface area contributed by atoms with Gasteiger partial charge in [0.15, 0.2) is 0 Å². The van der Waals surface area contributed by atoms with E-state index in [1.54, 1.807) is 13.8 Å². The number of hydrogen-bond donors (Lipinski definition) is 2. The van der Waals surface area contributed by atoms with Gasteiger partial charge in [0.1, 0.15) is 6.04 Å². The smallest absolute Gasteiger partial charge is 0.326 e. The Balaban J connectivity index is 1.78. The summed E-state index contributed by atoms with van der Waals surface area (Å²) < 4.78 is 5.15. The first-order valence-corrected chi connectivity index (χ1v) is 8.24. The van der Waals surface area contributed by atoms with Crippen molar-refractivity contribution < 1.29 is 19.2 Å². The van der Waals surface area contributed by atoms with E-state index in [1.807, 2.05) is 17.5 Å². The van der Waals surface area contributed by atoms with Gasteiger partial charge in [-0.15, -0.1) is 11.3 Å². The molecule has 0 bridgehead atoms. The van der Waals surface area contributed by atoms with Crippen LogP contribution < -0.4 is 5.32 Å². The standard InChI is InChI=1S/C15H19N3O4S/c1-9(2)13(15(20)21)16-11(19)6-3-7-12-17-14(18-22-12)10-5-4-8-23-10/h4-5,8-9,13H,3,6-7H2,1-2H3,(H,16,19)(H,20,21). The minimum atomic E-state index is -1.02. The maximum absolute atomic E-state index is 11.8. The molecule has 0 aliphatic heterocycles. The number of amides is 1. The highest BCUT2D eigenvalue weighted by atomic mass is 32.1. The molecule has 8 heteroatoms. The Bertz CT molecular complexity index is 651. The summed E-state index contributed by atoms with van der Waals surface area (Å²) in [6.45, 7) is 3.51. The van der Waals surface area contributed by atoms with Crippen molar-refractivity contribution in [2.45, 2.75) is 39.2 Å². The van der Waals surface area contributed by atoms with Crippen LogP contribution in [0.2, 0.25) is 0 Å². The third kappa shape index (κ3) is 4.88. The lowest BCUT2D eigenvalue weighted by molar-refractivity contribution is -0.143. The normalized spacial score (nSPS) is 12.3. The first-order valence-electron chi connectivity index (χ1n) is 7.36. The molecular formula is C15H19N3O4S. The predicted molar refractivity (Wildman–Crippen MR) is 85.0 cm³/mol. The van der Waals surface area contributed by atoms with Gasteiger partial charge in [0.2, 0.25) is 17.6 Å². The van der Waals surface area contributed by atoms with Crippen LogP contribution in [0.15, 0.2) is 22.0 Å². The Kier molecular flexibility index (Phi) is 5.86. The molecule has 0 saturated carbocycles. The molecule has 1 unspecified atom stereocenters. The fraction of sp³-hybridized carbons (Fsp3) is 0.467. The zero-order chi connectivity index (χ0) is 16.8. The molecule has 1 atom stereocenters. The molecule has 2 heterocycles. The summed E-state index contributed by atoms with van der Waals surface area (Å²) in [5, 5.41) is 17.4. The quantitative estimate of drug-likeness (QED) is 0.766. The highest BCUT2D eigenvalue weighted by Gasteiger charge is 2.23. The van der Waals surface area contributed by atoms with Crippen LogP contribution in [0.1, 0.15) is 32.6 Å². The van der Waals surface area contributed by atoms with Gasteiger partial charge in [0.25, 0.3) is 0 Å². The number of hydrogen-bond acceptors (Lipinski definition) is 6. The lowest BCUT2D eigenvalue weighted by Gasteiger charge is -2.17. The van der Waals surface area contributed by atoms with Crippen molar-refractivity contribution in [1.82, 2.24) is 15.5 Å². The first-order chi connectivity index (χ1) is 11.0. The van der Waals surface area contributed by atoms with E-state index in [1.165, 1.54) is 11.3 Å². The number of aryl methyl sites for hydroxylation is 1. The maximum Gasteiger partial charge on any atom is 0.326 e. The van der Waals surface area contributed by atoms with Crippen LogP contribution >= 0.6 is 11.3 Å². The van der Waals surface area contributed by atoms with Crippen LogP contribution in [0.3, 0.4) is 0 Å². The highest BCUT2D eigenvalue weighted by Crippen LogP contribution is 2.21. The first kappa shape index (κ1) is 17.1. The molecule has 2 aromatic heterocycles. The minimum absolute atomic E-state index is 0.166. The van der Waals surface area contributed by atoms with Gasteiger partial charge < -0.3 is 14.9 Å². The van der Waals surface area contributed by atoms with Crippen molar-refractivity contribution >= 4 is 23.2 Å². The fourth-order valence-electron chi connectivity index (χ4n) is 2.02. The summed E-state index contributed by atoms with van der Waals surface area (Å²) >= 11 is 1.53. The number of aliphatic carboxylic acids is 1. The summed E-state index contributed by atoms with van der Waals surface area (Å²) in [5.74, 6) is -0.458. The van der Waals surface area contributed by atoms with Gasteiger partial charge in [-0.2, -0.15) is 4.98 Å². The third-order valence-electron chi connectivity index (χ3n) is 3.25. The number of carbonyl (C=O) groups is 2. The Morgan fingerprint density at radius 2 is 2.22 bits per heavy atom. The summed E-state index contributed by atoms with van der Waals surface area (Å²) in [6.07, 6.45) is 1.21. The van der Waals surface area contributed by atoms with Gasteiger partial charge >= 0.3 is 5.97 Å². The number of carboxylic acids is 1. The summed E-state index contributed by atoms with van der Waals surface area (Å²) in [5.41, 5.74) is 0. The fourth-order valence-corrected chi connectivity index (χ4v) is 2.67. The Labute approximate surface area is 137 Å². The molecule has 0 fully saturated rings. The van der Waals surface area contributed by atoms with E-state index >= 15 is 0 Å². The zero-order valence-electron chi connectivity index (χ0n) is 13.0. The predicted octanol–water partition coefficient (Wildman–Crippen LogP) is 2.35. The van der Waals surface area contributed by atoms with Crippen LogP contribution in [0.5, 0.6) is 0 Å². The largest absolute Gasteiger partial charge is 0.480 e. The van der Waals surface area contributed by atoms with Gasteiger partial charge in [-0.05, 0) is 23.8 Å². The molecule has 2 N–H and O–H groups in total. The highest BCUT2D eigenvalue weighted by molar-refractivity contribution is 7.13. The Hall–Kier alpha value is -2.22. The van der Waals surface area contributed by atoms with Gasteiger partial charge in [-0.3, -0.25) is 4.79 Å². The van der Waals surface area contributed by atoms with Crippen molar-refractivity contribution in [3.63, 3.8) is 0 Å². The molecule has 0 saturated heterocycles.